The topological polar surface area (TPSA) is 9.72 Å². The molecule has 0 spiro atoms. The Morgan fingerprint density at radius 3 is 1.43 bits per heavy atom. The van der Waals surface area contributed by atoms with Gasteiger partial charge in [-0.05, 0) is 59.7 Å². The van der Waals surface area contributed by atoms with E-state index in [1.165, 1.54) is 17.1 Å². The van der Waals surface area contributed by atoms with Crippen LogP contribution in [0.5, 0.6) is 0 Å². The number of hydrogen-bond acceptors (Lipinski definition) is 3. The Hall–Kier alpha value is -1.38. The highest BCUT2D eigenvalue weighted by Crippen LogP contribution is 2.33. The van der Waals surface area contributed by atoms with Crippen LogP contribution in [0.2, 0.25) is 0 Å². The van der Waals surface area contributed by atoms with Crippen molar-refractivity contribution in [2.45, 2.75) is 41.5 Å². The number of benzene rings is 1. The van der Waals surface area contributed by atoms with E-state index < -0.39 is 0 Å². The number of hydrogen-bond donors (Lipinski definition) is 0. The fourth-order valence-electron chi connectivity index (χ4n) is 2.95. The quantitative estimate of drug-likeness (QED) is 0.674. The zero-order valence-electron chi connectivity index (χ0n) is 14.8. The molecule has 0 bridgehead atoms. The molecular weight excluding hydrogens is 258 g/mol. The van der Waals surface area contributed by atoms with Crippen molar-refractivity contribution in [2.24, 2.45) is 0 Å². The summed E-state index contributed by atoms with van der Waals surface area (Å²) in [5, 5.41) is 0. The Labute approximate surface area is 131 Å². The van der Waals surface area contributed by atoms with Crippen molar-refractivity contribution in [3.8, 4) is 0 Å². The Bertz CT molecular complexity index is 405. The summed E-state index contributed by atoms with van der Waals surface area (Å²) < 4.78 is 0. The smallest absolute Gasteiger partial charge is 0.0624 e. The fourth-order valence-corrected chi connectivity index (χ4v) is 2.95. The molecular formula is C18H33N3. The first-order valence-corrected chi connectivity index (χ1v) is 8.55. The lowest BCUT2D eigenvalue weighted by atomic mass is 10.1. The summed E-state index contributed by atoms with van der Waals surface area (Å²) in [4.78, 5) is 7.32. The fraction of sp³-hybridized carbons (Fsp3) is 0.667. The lowest BCUT2D eigenvalue weighted by Crippen LogP contribution is -2.29. The first-order valence-electron chi connectivity index (χ1n) is 8.55. The molecule has 0 saturated carbocycles. The summed E-state index contributed by atoms with van der Waals surface area (Å²) in [6.07, 6.45) is 0. The molecule has 0 aliphatic carbocycles. The van der Waals surface area contributed by atoms with Crippen molar-refractivity contribution in [1.29, 1.82) is 0 Å². The molecule has 0 unspecified atom stereocenters. The molecule has 0 saturated heterocycles. The molecule has 0 amide bonds. The van der Waals surface area contributed by atoms with Crippen LogP contribution in [0.15, 0.2) is 18.2 Å². The van der Waals surface area contributed by atoms with Gasteiger partial charge in [0.15, 0.2) is 0 Å². The number of rotatable bonds is 9. The van der Waals surface area contributed by atoms with Gasteiger partial charge in [0.25, 0.3) is 0 Å². The third kappa shape index (κ3) is 4.05. The van der Waals surface area contributed by atoms with E-state index in [1.54, 1.807) is 0 Å². The van der Waals surface area contributed by atoms with Crippen molar-refractivity contribution in [3.05, 3.63) is 18.2 Å². The minimum Gasteiger partial charge on any atom is -0.372 e. The maximum Gasteiger partial charge on any atom is 0.0624 e. The van der Waals surface area contributed by atoms with E-state index in [2.05, 4.69) is 74.4 Å². The SMILES string of the molecule is CCN(CC)c1ccc(N(CC)CC)c(N(CC)CC)c1. The van der Waals surface area contributed by atoms with Gasteiger partial charge in [-0.25, -0.2) is 0 Å². The summed E-state index contributed by atoms with van der Waals surface area (Å²) in [6, 6.07) is 6.94. The molecule has 0 N–H and O–H groups in total. The number of nitrogens with zero attached hydrogens (tertiary/aromatic N) is 3. The van der Waals surface area contributed by atoms with Gasteiger partial charge in [0.05, 0.1) is 11.4 Å². The van der Waals surface area contributed by atoms with Gasteiger partial charge in [-0.15, -0.1) is 0 Å². The van der Waals surface area contributed by atoms with Gasteiger partial charge in [-0.1, -0.05) is 0 Å². The van der Waals surface area contributed by atoms with Gasteiger partial charge in [0.1, 0.15) is 0 Å². The van der Waals surface area contributed by atoms with Crippen LogP contribution in [0.25, 0.3) is 0 Å². The zero-order chi connectivity index (χ0) is 15.8. The molecule has 3 heteroatoms. The summed E-state index contributed by atoms with van der Waals surface area (Å²) in [5.41, 5.74) is 4.06. The predicted octanol–water partition coefficient (Wildman–Crippen LogP) is 4.23. The lowest BCUT2D eigenvalue weighted by molar-refractivity contribution is 0.827. The molecule has 3 nitrogen and oxygen atoms in total. The van der Waals surface area contributed by atoms with E-state index >= 15 is 0 Å². The first kappa shape index (κ1) is 17.7. The van der Waals surface area contributed by atoms with E-state index in [0.717, 1.165) is 39.3 Å². The van der Waals surface area contributed by atoms with Crippen molar-refractivity contribution in [1.82, 2.24) is 0 Å². The maximum absolute atomic E-state index is 2.46. The van der Waals surface area contributed by atoms with Crippen molar-refractivity contribution in [3.63, 3.8) is 0 Å². The summed E-state index contributed by atoms with van der Waals surface area (Å²) in [7, 11) is 0. The summed E-state index contributed by atoms with van der Waals surface area (Å²) in [6.45, 7) is 19.7. The second kappa shape index (κ2) is 8.81. The van der Waals surface area contributed by atoms with Crippen LogP contribution in [0.1, 0.15) is 41.5 Å². The van der Waals surface area contributed by atoms with Gasteiger partial charge >= 0.3 is 0 Å². The molecule has 0 aromatic heterocycles. The van der Waals surface area contributed by atoms with Gasteiger partial charge in [-0.3, -0.25) is 0 Å². The molecule has 1 aromatic rings. The third-order valence-electron chi connectivity index (χ3n) is 4.30. The zero-order valence-corrected chi connectivity index (χ0v) is 14.8. The minimum atomic E-state index is 1.05. The van der Waals surface area contributed by atoms with Crippen molar-refractivity contribution < 1.29 is 0 Å². The molecule has 0 fully saturated rings. The lowest BCUT2D eigenvalue weighted by Gasteiger charge is -2.32. The molecule has 120 valence electrons. The van der Waals surface area contributed by atoms with Crippen LogP contribution >= 0.6 is 0 Å². The van der Waals surface area contributed by atoms with Crippen molar-refractivity contribution in [2.75, 3.05) is 54.0 Å². The molecule has 1 rings (SSSR count). The largest absolute Gasteiger partial charge is 0.372 e. The minimum absolute atomic E-state index is 1.05. The summed E-state index contributed by atoms with van der Waals surface area (Å²) >= 11 is 0. The Morgan fingerprint density at radius 2 is 1.00 bits per heavy atom. The predicted molar refractivity (Wildman–Crippen MR) is 97.1 cm³/mol. The van der Waals surface area contributed by atoms with E-state index in [-0.39, 0.29) is 0 Å². The molecule has 0 aliphatic heterocycles. The first-order chi connectivity index (χ1) is 10.2. The van der Waals surface area contributed by atoms with Crippen LogP contribution in [-0.4, -0.2) is 39.3 Å². The van der Waals surface area contributed by atoms with Gasteiger partial charge in [0, 0.05) is 45.0 Å². The van der Waals surface area contributed by atoms with Crippen LogP contribution in [0.3, 0.4) is 0 Å². The second-order valence-corrected chi connectivity index (χ2v) is 5.19. The van der Waals surface area contributed by atoms with E-state index in [9.17, 15) is 0 Å². The normalized spacial score (nSPS) is 10.6. The molecule has 0 atom stereocenters. The number of anilines is 3. The average Bonchev–Trinajstić information content (AvgIpc) is 2.52. The average molecular weight is 291 g/mol. The van der Waals surface area contributed by atoms with Gasteiger partial charge in [0.2, 0.25) is 0 Å². The van der Waals surface area contributed by atoms with Gasteiger partial charge < -0.3 is 14.7 Å². The Morgan fingerprint density at radius 1 is 0.571 bits per heavy atom. The molecule has 0 heterocycles. The van der Waals surface area contributed by atoms with Crippen LogP contribution < -0.4 is 14.7 Å². The molecule has 0 radical (unpaired) electrons. The molecule has 1 aromatic carbocycles. The monoisotopic (exact) mass is 291 g/mol. The highest BCUT2D eigenvalue weighted by Gasteiger charge is 2.15. The van der Waals surface area contributed by atoms with E-state index in [4.69, 9.17) is 0 Å². The Balaban J connectivity index is 3.31. The van der Waals surface area contributed by atoms with E-state index in [0.29, 0.717) is 0 Å². The van der Waals surface area contributed by atoms with Crippen LogP contribution in [0, 0.1) is 0 Å². The highest BCUT2D eigenvalue weighted by atomic mass is 15.2. The van der Waals surface area contributed by atoms with Crippen molar-refractivity contribution >= 4 is 17.1 Å². The van der Waals surface area contributed by atoms with E-state index in [1.807, 2.05) is 0 Å². The third-order valence-corrected chi connectivity index (χ3v) is 4.30. The summed E-state index contributed by atoms with van der Waals surface area (Å²) in [5.74, 6) is 0. The standard InChI is InChI=1S/C18H33N3/c1-7-19(8-2)16-13-14-17(20(9-3)10-4)18(15-16)21(11-5)12-6/h13-15H,7-12H2,1-6H3. The van der Waals surface area contributed by atoms with Crippen LogP contribution in [-0.2, 0) is 0 Å². The molecule has 0 aliphatic rings. The maximum atomic E-state index is 2.46. The second-order valence-electron chi connectivity index (χ2n) is 5.19. The Kier molecular flexibility index (Phi) is 7.41. The van der Waals surface area contributed by atoms with Gasteiger partial charge in [-0.2, -0.15) is 0 Å². The molecule has 21 heavy (non-hydrogen) atoms. The van der Waals surface area contributed by atoms with Crippen LogP contribution in [0.4, 0.5) is 17.1 Å². The highest BCUT2D eigenvalue weighted by molar-refractivity contribution is 5.76.